The maximum atomic E-state index is 4.60. The highest BCUT2D eigenvalue weighted by Gasteiger charge is 2.16. The summed E-state index contributed by atoms with van der Waals surface area (Å²) in [5.74, 6) is 1.03. The lowest BCUT2D eigenvalue weighted by Crippen LogP contribution is -2.23. The molecule has 2 nitrogen and oxygen atoms in total. The van der Waals surface area contributed by atoms with E-state index < -0.39 is 0 Å². The molecule has 2 heteroatoms. The summed E-state index contributed by atoms with van der Waals surface area (Å²) >= 11 is 0. The van der Waals surface area contributed by atoms with Crippen molar-refractivity contribution in [3.8, 4) is 0 Å². The van der Waals surface area contributed by atoms with E-state index in [0.717, 1.165) is 16.5 Å². The molecule has 0 unspecified atom stereocenters. The molecule has 15 heavy (non-hydrogen) atoms. The first-order chi connectivity index (χ1) is 6.99. The lowest BCUT2D eigenvalue weighted by Gasteiger charge is -2.13. The van der Waals surface area contributed by atoms with Crippen molar-refractivity contribution in [1.82, 2.24) is 9.97 Å². The molecule has 0 aliphatic heterocycles. The molecule has 0 spiro atoms. The predicted octanol–water partition coefficient (Wildman–Crippen LogP) is 1.86. The molecule has 0 fully saturated rings. The third-order valence-electron chi connectivity index (χ3n) is 2.21. The minimum absolute atomic E-state index is 0.0692. The van der Waals surface area contributed by atoms with Crippen molar-refractivity contribution in [2.45, 2.75) is 40.0 Å². The molecule has 0 saturated heterocycles. The monoisotopic (exact) mass is 204 g/mol. The number of nitrogens with one attached hydrogen (secondary N) is 1. The fourth-order valence-corrected chi connectivity index (χ4v) is 1.29. The van der Waals surface area contributed by atoms with Gasteiger partial charge < -0.3 is 4.98 Å². The largest absolute Gasteiger partial charge is 0.342 e. The van der Waals surface area contributed by atoms with Gasteiger partial charge in [0.1, 0.15) is 5.82 Å². The Morgan fingerprint density at radius 2 is 1.87 bits per heavy atom. The van der Waals surface area contributed by atoms with Crippen LogP contribution < -0.4 is 10.7 Å². The summed E-state index contributed by atoms with van der Waals surface area (Å²) in [4.78, 5) is 7.94. The molecule has 0 atom stereocenters. The van der Waals surface area contributed by atoms with Crippen LogP contribution in [0.15, 0.2) is 12.2 Å². The van der Waals surface area contributed by atoms with E-state index in [0.29, 0.717) is 0 Å². The molecule has 0 amide bonds. The molecule has 0 saturated carbocycles. The molecule has 1 rings (SSSR count). The van der Waals surface area contributed by atoms with E-state index in [1.807, 2.05) is 32.1 Å². The van der Waals surface area contributed by atoms with Gasteiger partial charge in [0.05, 0.1) is 10.7 Å². The highest BCUT2D eigenvalue weighted by Crippen LogP contribution is 2.14. The molecule has 0 bridgehead atoms. The Hall–Kier alpha value is -1.31. The SMILES string of the molecule is C\C=C/C=c1/nc(C(C)(C)C)[nH]/c1=C/C. The van der Waals surface area contributed by atoms with E-state index in [1.165, 1.54) is 0 Å². The van der Waals surface area contributed by atoms with Gasteiger partial charge in [0.15, 0.2) is 0 Å². The molecule has 1 N–H and O–H groups in total. The molecule has 1 heterocycles. The van der Waals surface area contributed by atoms with Gasteiger partial charge in [-0.05, 0) is 19.9 Å². The molecular formula is C13H20N2. The number of aromatic nitrogens is 2. The zero-order valence-electron chi connectivity index (χ0n) is 10.3. The van der Waals surface area contributed by atoms with Crippen molar-refractivity contribution < 1.29 is 0 Å². The van der Waals surface area contributed by atoms with Gasteiger partial charge in [0.2, 0.25) is 0 Å². The first-order valence-electron chi connectivity index (χ1n) is 5.35. The molecule has 0 aromatic carbocycles. The van der Waals surface area contributed by atoms with Gasteiger partial charge in [0, 0.05) is 5.41 Å². The van der Waals surface area contributed by atoms with E-state index in [9.17, 15) is 0 Å². The summed E-state index contributed by atoms with van der Waals surface area (Å²) in [6.45, 7) is 10.5. The number of H-pyrrole nitrogens is 1. The van der Waals surface area contributed by atoms with Gasteiger partial charge in [-0.1, -0.05) is 39.0 Å². The number of aromatic amines is 1. The Bertz CT molecular complexity index is 456. The quantitative estimate of drug-likeness (QED) is 0.743. The second-order valence-electron chi connectivity index (χ2n) is 4.62. The molecule has 0 aliphatic rings. The maximum absolute atomic E-state index is 4.60. The highest BCUT2D eigenvalue weighted by molar-refractivity contribution is 5.35. The summed E-state index contributed by atoms with van der Waals surface area (Å²) in [7, 11) is 0. The van der Waals surface area contributed by atoms with Crippen LogP contribution in [0.4, 0.5) is 0 Å². The number of allylic oxidation sites excluding steroid dienone is 2. The minimum Gasteiger partial charge on any atom is -0.342 e. The van der Waals surface area contributed by atoms with Crippen molar-refractivity contribution in [2.24, 2.45) is 0 Å². The Labute approximate surface area is 91.4 Å². The number of hydrogen-bond donors (Lipinski definition) is 1. The Kier molecular flexibility index (Phi) is 3.51. The van der Waals surface area contributed by atoms with E-state index in [4.69, 9.17) is 0 Å². The minimum atomic E-state index is 0.0692. The molecule has 1 aromatic rings. The smallest absolute Gasteiger partial charge is 0.112 e. The van der Waals surface area contributed by atoms with Crippen LogP contribution in [0.2, 0.25) is 0 Å². The average molecular weight is 204 g/mol. The summed E-state index contributed by atoms with van der Waals surface area (Å²) in [5.41, 5.74) is 0.0692. The molecule has 0 aliphatic carbocycles. The fourth-order valence-electron chi connectivity index (χ4n) is 1.29. The predicted molar refractivity (Wildman–Crippen MR) is 66.0 cm³/mol. The Morgan fingerprint density at radius 1 is 1.20 bits per heavy atom. The first-order valence-corrected chi connectivity index (χ1v) is 5.35. The normalized spacial score (nSPS) is 15.5. The average Bonchev–Trinajstić information content (AvgIpc) is 2.57. The maximum Gasteiger partial charge on any atom is 0.112 e. The zero-order chi connectivity index (χ0) is 11.5. The van der Waals surface area contributed by atoms with Crippen molar-refractivity contribution in [1.29, 1.82) is 0 Å². The van der Waals surface area contributed by atoms with E-state index in [-0.39, 0.29) is 5.41 Å². The van der Waals surface area contributed by atoms with Crippen LogP contribution in [0.25, 0.3) is 12.2 Å². The number of nitrogens with zero attached hydrogens (tertiary/aromatic N) is 1. The van der Waals surface area contributed by atoms with Crippen molar-refractivity contribution >= 4 is 12.2 Å². The van der Waals surface area contributed by atoms with Crippen LogP contribution in [0, 0.1) is 0 Å². The topological polar surface area (TPSA) is 28.7 Å². The lowest BCUT2D eigenvalue weighted by molar-refractivity contribution is 0.551. The second kappa shape index (κ2) is 4.47. The summed E-state index contributed by atoms with van der Waals surface area (Å²) < 4.78 is 0. The third-order valence-corrected chi connectivity index (χ3v) is 2.21. The molecule has 1 aromatic heterocycles. The molecule has 82 valence electrons. The van der Waals surface area contributed by atoms with Crippen LogP contribution in [0.5, 0.6) is 0 Å². The van der Waals surface area contributed by atoms with Crippen LogP contribution in [-0.4, -0.2) is 9.97 Å². The summed E-state index contributed by atoms with van der Waals surface area (Å²) in [6.07, 6.45) is 8.10. The first kappa shape index (κ1) is 11.8. The van der Waals surface area contributed by atoms with Crippen molar-refractivity contribution in [3.63, 3.8) is 0 Å². The van der Waals surface area contributed by atoms with Crippen LogP contribution in [0.3, 0.4) is 0 Å². The summed E-state index contributed by atoms with van der Waals surface area (Å²) in [6, 6.07) is 0. The fraction of sp³-hybridized carbons (Fsp3) is 0.462. The van der Waals surface area contributed by atoms with Gasteiger partial charge in [-0.25, -0.2) is 4.98 Å². The van der Waals surface area contributed by atoms with E-state index in [2.05, 4.69) is 36.8 Å². The van der Waals surface area contributed by atoms with Gasteiger partial charge in [-0.2, -0.15) is 0 Å². The number of rotatable bonds is 1. The lowest BCUT2D eigenvalue weighted by atomic mass is 9.96. The zero-order valence-corrected chi connectivity index (χ0v) is 10.3. The van der Waals surface area contributed by atoms with Crippen LogP contribution in [-0.2, 0) is 5.41 Å². The van der Waals surface area contributed by atoms with Crippen molar-refractivity contribution in [2.75, 3.05) is 0 Å². The number of hydrogen-bond acceptors (Lipinski definition) is 1. The van der Waals surface area contributed by atoms with Crippen molar-refractivity contribution in [3.05, 3.63) is 28.7 Å². The number of imidazole rings is 1. The Morgan fingerprint density at radius 3 is 2.33 bits per heavy atom. The Balaban J connectivity index is 3.37. The van der Waals surface area contributed by atoms with Gasteiger partial charge >= 0.3 is 0 Å². The van der Waals surface area contributed by atoms with E-state index in [1.54, 1.807) is 0 Å². The van der Waals surface area contributed by atoms with Gasteiger partial charge in [-0.3, -0.25) is 0 Å². The van der Waals surface area contributed by atoms with Gasteiger partial charge in [-0.15, -0.1) is 0 Å². The third kappa shape index (κ3) is 2.82. The van der Waals surface area contributed by atoms with Crippen LogP contribution in [0.1, 0.15) is 40.4 Å². The second-order valence-corrected chi connectivity index (χ2v) is 4.62. The van der Waals surface area contributed by atoms with Crippen LogP contribution >= 0.6 is 0 Å². The van der Waals surface area contributed by atoms with Gasteiger partial charge in [0.25, 0.3) is 0 Å². The molecular weight excluding hydrogens is 184 g/mol. The highest BCUT2D eigenvalue weighted by atomic mass is 14.9. The van der Waals surface area contributed by atoms with E-state index >= 15 is 0 Å². The summed E-state index contributed by atoms with van der Waals surface area (Å²) in [5, 5.41) is 2.11. The molecule has 0 radical (unpaired) electrons. The standard InChI is InChI=1S/C13H20N2/c1-6-8-9-11-10(7-2)14-12(15-11)13(3,4)5/h6-9H,1-5H3,(H,14,15)/b8-6-,10-7+,11-9+.